The van der Waals surface area contributed by atoms with Crippen molar-refractivity contribution in [3.05, 3.63) is 51.5 Å². The zero-order valence-electron chi connectivity index (χ0n) is 10.7. The van der Waals surface area contributed by atoms with E-state index in [-0.39, 0.29) is 11.7 Å². The molecule has 0 bridgehead atoms. The third-order valence-electron chi connectivity index (χ3n) is 2.53. The number of carbonyl (C=O) groups excluding carboxylic acids is 1. The maximum Gasteiger partial charge on any atom is 0.234 e. The first-order valence-corrected chi connectivity index (χ1v) is 8.00. The van der Waals surface area contributed by atoms with E-state index in [4.69, 9.17) is 40.5 Å². The SMILES string of the molecule is Nc1ccc(Cl)c(NC(=O)CSc2ccc(Cl)c(Cl)c2)c1. The van der Waals surface area contributed by atoms with Crippen LogP contribution >= 0.6 is 46.6 Å². The molecule has 0 fully saturated rings. The first-order valence-electron chi connectivity index (χ1n) is 5.88. The van der Waals surface area contributed by atoms with Crippen LogP contribution < -0.4 is 11.1 Å². The second kappa shape index (κ2) is 7.27. The second-order valence-corrected chi connectivity index (χ2v) is 6.42. The van der Waals surface area contributed by atoms with Crippen LogP contribution in [0.4, 0.5) is 11.4 Å². The van der Waals surface area contributed by atoms with Crippen LogP contribution in [-0.4, -0.2) is 11.7 Å². The summed E-state index contributed by atoms with van der Waals surface area (Å²) in [4.78, 5) is 12.8. The molecule has 0 aliphatic carbocycles. The van der Waals surface area contributed by atoms with Crippen molar-refractivity contribution in [2.24, 2.45) is 0 Å². The van der Waals surface area contributed by atoms with Crippen molar-refractivity contribution < 1.29 is 4.79 Å². The van der Waals surface area contributed by atoms with Gasteiger partial charge in [-0.25, -0.2) is 0 Å². The van der Waals surface area contributed by atoms with Crippen molar-refractivity contribution in [1.82, 2.24) is 0 Å². The molecular weight excluding hydrogens is 351 g/mol. The third-order valence-corrected chi connectivity index (χ3v) is 4.59. The van der Waals surface area contributed by atoms with Gasteiger partial charge in [-0.15, -0.1) is 11.8 Å². The normalized spacial score (nSPS) is 10.4. The molecule has 21 heavy (non-hydrogen) atoms. The molecule has 0 aliphatic heterocycles. The summed E-state index contributed by atoms with van der Waals surface area (Å²) in [5.41, 5.74) is 6.69. The van der Waals surface area contributed by atoms with Crippen LogP contribution in [-0.2, 0) is 4.79 Å². The molecule has 0 aromatic heterocycles. The molecule has 0 saturated carbocycles. The molecule has 2 aromatic carbocycles. The van der Waals surface area contributed by atoms with Gasteiger partial charge in [0, 0.05) is 10.6 Å². The zero-order valence-corrected chi connectivity index (χ0v) is 13.8. The molecule has 0 radical (unpaired) electrons. The van der Waals surface area contributed by atoms with E-state index >= 15 is 0 Å². The summed E-state index contributed by atoms with van der Waals surface area (Å²) in [5.74, 6) is 0.0434. The number of nitrogens with one attached hydrogen (secondary N) is 1. The summed E-state index contributed by atoms with van der Waals surface area (Å²) in [6.45, 7) is 0. The molecule has 3 nitrogen and oxygen atoms in total. The van der Waals surface area contributed by atoms with Crippen LogP contribution in [0.2, 0.25) is 15.1 Å². The van der Waals surface area contributed by atoms with Gasteiger partial charge in [0.2, 0.25) is 5.91 Å². The van der Waals surface area contributed by atoms with Gasteiger partial charge >= 0.3 is 0 Å². The minimum atomic E-state index is -0.182. The monoisotopic (exact) mass is 360 g/mol. The first-order chi connectivity index (χ1) is 9.95. The minimum Gasteiger partial charge on any atom is -0.399 e. The third kappa shape index (κ3) is 4.71. The Morgan fingerprint density at radius 3 is 2.48 bits per heavy atom. The van der Waals surface area contributed by atoms with Gasteiger partial charge in [0.25, 0.3) is 0 Å². The second-order valence-electron chi connectivity index (χ2n) is 4.15. The Hall–Kier alpha value is -1.07. The molecule has 0 unspecified atom stereocenters. The van der Waals surface area contributed by atoms with Gasteiger partial charge < -0.3 is 11.1 Å². The van der Waals surface area contributed by atoms with E-state index in [2.05, 4.69) is 5.32 Å². The van der Waals surface area contributed by atoms with Crippen molar-refractivity contribution in [2.75, 3.05) is 16.8 Å². The van der Waals surface area contributed by atoms with Gasteiger partial charge in [0.1, 0.15) is 0 Å². The number of rotatable bonds is 4. The van der Waals surface area contributed by atoms with E-state index in [1.807, 2.05) is 0 Å². The van der Waals surface area contributed by atoms with Crippen molar-refractivity contribution in [3.63, 3.8) is 0 Å². The highest BCUT2D eigenvalue weighted by Gasteiger charge is 2.08. The average Bonchev–Trinajstić information content (AvgIpc) is 2.44. The van der Waals surface area contributed by atoms with Crippen molar-refractivity contribution in [3.8, 4) is 0 Å². The lowest BCUT2D eigenvalue weighted by Gasteiger charge is -2.08. The fraction of sp³-hybridized carbons (Fsp3) is 0.0714. The predicted octanol–water partition coefficient (Wildman–Crippen LogP) is 4.96. The molecule has 7 heteroatoms. The largest absolute Gasteiger partial charge is 0.399 e. The Bertz CT molecular complexity index is 679. The van der Waals surface area contributed by atoms with E-state index in [0.717, 1.165) is 4.90 Å². The number of hydrogen-bond acceptors (Lipinski definition) is 3. The number of carbonyl (C=O) groups is 1. The van der Waals surface area contributed by atoms with E-state index in [1.165, 1.54) is 11.8 Å². The van der Waals surface area contributed by atoms with Crippen LogP contribution in [0, 0.1) is 0 Å². The van der Waals surface area contributed by atoms with Gasteiger partial charge in [-0.2, -0.15) is 0 Å². The molecule has 0 atom stereocenters. The maximum atomic E-state index is 11.9. The van der Waals surface area contributed by atoms with E-state index in [9.17, 15) is 4.79 Å². The molecule has 2 rings (SSSR count). The Labute approximate surface area is 141 Å². The summed E-state index contributed by atoms with van der Waals surface area (Å²) < 4.78 is 0. The van der Waals surface area contributed by atoms with Crippen molar-refractivity contribution >= 4 is 63.8 Å². The number of hydrogen-bond donors (Lipinski definition) is 2. The molecule has 0 spiro atoms. The van der Waals surface area contributed by atoms with Crippen LogP contribution in [0.25, 0.3) is 0 Å². The maximum absolute atomic E-state index is 11.9. The number of halogens is 3. The molecule has 0 heterocycles. The van der Waals surface area contributed by atoms with Gasteiger partial charge in [0.05, 0.1) is 26.5 Å². The Kier molecular flexibility index (Phi) is 5.65. The number of amides is 1. The van der Waals surface area contributed by atoms with Crippen LogP contribution in [0.15, 0.2) is 41.3 Å². The standard InChI is InChI=1S/C14H11Cl3N2OS/c15-10-4-2-9(6-12(10)17)21-7-14(20)19-13-5-8(18)1-3-11(13)16/h1-6H,7,18H2,(H,19,20). The minimum absolute atomic E-state index is 0.182. The summed E-state index contributed by atoms with van der Waals surface area (Å²) in [6.07, 6.45) is 0. The average molecular weight is 362 g/mol. The lowest BCUT2D eigenvalue weighted by molar-refractivity contribution is -0.113. The lowest BCUT2D eigenvalue weighted by atomic mass is 10.3. The summed E-state index contributed by atoms with van der Waals surface area (Å²) >= 11 is 19.1. The number of anilines is 2. The molecule has 0 aliphatic rings. The number of nitrogen functional groups attached to an aromatic ring is 1. The van der Waals surface area contributed by atoms with Crippen LogP contribution in [0.3, 0.4) is 0 Å². The van der Waals surface area contributed by atoms with Gasteiger partial charge in [-0.05, 0) is 36.4 Å². The van der Waals surface area contributed by atoms with Gasteiger partial charge in [-0.1, -0.05) is 34.8 Å². The zero-order chi connectivity index (χ0) is 15.4. The van der Waals surface area contributed by atoms with E-state index in [1.54, 1.807) is 36.4 Å². The predicted molar refractivity (Wildman–Crippen MR) is 91.7 cm³/mol. The van der Waals surface area contributed by atoms with E-state index in [0.29, 0.717) is 26.4 Å². The quantitative estimate of drug-likeness (QED) is 0.598. The Morgan fingerprint density at radius 1 is 1.05 bits per heavy atom. The van der Waals surface area contributed by atoms with Crippen LogP contribution in [0.5, 0.6) is 0 Å². The van der Waals surface area contributed by atoms with Gasteiger partial charge in [-0.3, -0.25) is 4.79 Å². The molecule has 2 aromatic rings. The van der Waals surface area contributed by atoms with E-state index < -0.39 is 0 Å². The Balaban J connectivity index is 1.95. The summed E-state index contributed by atoms with van der Waals surface area (Å²) in [5, 5.41) is 4.10. The molecule has 0 saturated heterocycles. The number of benzene rings is 2. The van der Waals surface area contributed by atoms with Crippen molar-refractivity contribution in [2.45, 2.75) is 4.90 Å². The highest BCUT2D eigenvalue weighted by atomic mass is 35.5. The molecule has 110 valence electrons. The first kappa shape index (κ1) is 16.3. The van der Waals surface area contributed by atoms with Gasteiger partial charge in [0.15, 0.2) is 0 Å². The molecule has 1 amide bonds. The molecular formula is C14H11Cl3N2OS. The number of nitrogens with two attached hydrogens (primary N) is 1. The van der Waals surface area contributed by atoms with Crippen molar-refractivity contribution in [1.29, 1.82) is 0 Å². The summed E-state index contributed by atoms with van der Waals surface area (Å²) in [7, 11) is 0. The lowest BCUT2D eigenvalue weighted by Crippen LogP contribution is -2.14. The Morgan fingerprint density at radius 2 is 1.76 bits per heavy atom. The van der Waals surface area contributed by atoms with Crippen LogP contribution in [0.1, 0.15) is 0 Å². The fourth-order valence-corrected chi connectivity index (χ4v) is 2.80. The fourth-order valence-electron chi connectivity index (χ4n) is 1.54. The number of thioether (sulfide) groups is 1. The highest BCUT2D eigenvalue weighted by molar-refractivity contribution is 8.00. The summed E-state index contributed by atoms with van der Waals surface area (Å²) in [6, 6.07) is 10.1. The molecule has 3 N–H and O–H groups in total. The highest BCUT2D eigenvalue weighted by Crippen LogP contribution is 2.28. The topological polar surface area (TPSA) is 55.1 Å². The smallest absolute Gasteiger partial charge is 0.234 e.